The molecule has 17 heavy (non-hydrogen) atoms. The van der Waals surface area contributed by atoms with Crippen molar-refractivity contribution in [2.24, 2.45) is 5.92 Å². The van der Waals surface area contributed by atoms with Gasteiger partial charge in [0.2, 0.25) is 0 Å². The molecule has 1 saturated carbocycles. The number of ether oxygens (including phenoxy) is 1. The maximum absolute atomic E-state index is 12.2. The van der Waals surface area contributed by atoms with Crippen molar-refractivity contribution in [2.75, 3.05) is 6.54 Å². The normalized spacial score (nSPS) is 29.7. The van der Waals surface area contributed by atoms with Crippen molar-refractivity contribution < 1.29 is 9.53 Å². The molecule has 0 unspecified atom stereocenters. The number of likely N-dealkylation sites (tertiary alicyclic amines) is 1. The lowest BCUT2D eigenvalue weighted by atomic mass is 9.78. The van der Waals surface area contributed by atoms with Gasteiger partial charge in [0.05, 0.1) is 0 Å². The zero-order valence-electron chi connectivity index (χ0n) is 11.4. The zero-order valence-corrected chi connectivity index (χ0v) is 11.4. The minimum Gasteiger partial charge on any atom is -0.444 e. The molecule has 3 heteroatoms. The van der Waals surface area contributed by atoms with E-state index in [1.54, 1.807) is 0 Å². The number of fused-ring (bicyclic) bond motifs is 1. The highest BCUT2D eigenvalue weighted by molar-refractivity contribution is 5.68. The van der Waals surface area contributed by atoms with Crippen molar-refractivity contribution in [3.8, 4) is 0 Å². The van der Waals surface area contributed by atoms with Crippen molar-refractivity contribution in [3.05, 3.63) is 0 Å². The molecule has 0 aromatic carbocycles. The van der Waals surface area contributed by atoms with E-state index >= 15 is 0 Å². The van der Waals surface area contributed by atoms with Crippen LogP contribution in [0.4, 0.5) is 4.79 Å². The molecule has 2 fully saturated rings. The number of hydrogen-bond donors (Lipinski definition) is 0. The molecule has 1 amide bonds. The van der Waals surface area contributed by atoms with Crippen molar-refractivity contribution in [1.82, 2.24) is 4.90 Å². The third-order valence-corrected chi connectivity index (χ3v) is 3.87. The van der Waals surface area contributed by atoms with Gasteiger partial charge >= 0.3 is 6.09 Å². The lowest BCUT2D eigenvalue weighted by Gasteiger charge is -2.44. The van der Waals surface area contributed by atoms with Gasteiger partial charge in [0.25, 0.3) is 0 Å². The number of carbonyl (C=O) groups excluding carboxylic acids is 1. The first-order valence-corrected chi connectivity index (χ1v) is 6.97. The zero-order chi connectivity index (χ0) is 12.5. The van der Waals surface area contributed by atoms with Crippen molar-refractivity contribution in [2.45, 2.75) is 70.9 Å². The lowest BCUT2D eigenvalue weighted by Crippen LogP contribution is -2.51. The van der Waals surface area contributed by atoms with E-state index < -0.39 is 0 Å². The number of hydrogen-bond acceptors (Lipinski definition) is 2. The van der Waals surface area contributed by atoms with Gasteiger partial charge in [-0.15, -0.1) is 0 Å². The molecule has 2 atom stereocenters. The first kappa shape index (κ1) is 12.7. The minimum absolute atomic E-state index is 0.103. The highest BCUT2D eigenvalue weighted by atomic mass is 16.6. The summed E-state index contributed by atoms with van der Waals surface area (Å²) in [5.41, 5.74) is -0.376. The van der Waals surface area contributed by atoms with Crippen LogP contribution in [0.25, 0.3) is 0 Å². The molecule has 0 radical (unpaired) electrons. The Morgan fingerprint density at radius 2 is 1.76 bits per heavy atom. The molecular weight excluding hydrogens is 214 g/mol. The highest BCUT2D eigenvalue weighted by Gasteiger charge is 2.37. The first-order chi connectivity index (χ1) is 7.97. The molecule has 0 N–H and O–H groups in total. The van der Waals surface area contributed by atoms with E-state index in [1.165, 1.54) is 32.1 Å². The highest BCUT2D eigenvalue weighted by Crippen LogP contribution is 2.35. The summed E-state index contributed by atoms with van der Waals surface area (Å²) in [6.45, 7) is 6.70. The van der Waals surface area contributed by atoms with Gasteiger partial charge in [-0.2, -0.15) is 0 Å². The summed E-state index contributed by atoms with van der Waals surface area (Å²) in [4.78, 5) is 14.2. The maximum atomic E-state index is 12.2. The van der Waals surface area contributed by atoms with E-state index in [-0.39, 0.29) is 11.7 Å². The van der Waals surface area contributed by atoms with Crippen LogP contribution >= 0.6 is 0 Å². The predicted octanol–water partition coefficient (Wildman–Crippen LogP) is 3.58. The van der Waals surface area contributed by atoms with Crippen LogP contribution in [0.15, 0.2) is 0 Å². The SMILES string of the molecule is CC(C)(C)OC(=O)N1CCC[C@H]2CCCC[C@@H]21. The second-order valence-corrected chi connectivity index (χ2v) is 6.43. The Morgan fingerprint density at radius 3 is 2.47 bits per heavy atom. The van der Waals surface area contributed by atoms with Crippen LogP contribution in [0.1, 0.15) is 59.3 Å². The largest absolute Gasteiger partial charge is 0.444 e. The Kier molecular flexibility index (Phi) is 3.64. The lowest BCUT2D eigenvalue weighted by molar-refractivity contribution is -0.00725. The summed E-state index contributed by atoms with van der Waals surface area (Å²) in [7, 11) is 0. The summed E-state index contributed by atoms with van der Waals surface area (Å²) in [6, 6.07) is 0.451. The third kappa shape index (κ3) is 3.14. The number of rotatable bonds is 0. The monoisotopic (exact) mass is 239 g/mol. The fourth-order valence-electron chi connectivity index (χ4n) is 3.17. The molecule has 2 aliphatic rings. The van der Waals surface area contributed by atoms with Crippen LogP contribution in [0.3, 0.4) is 0 Å². The Bertz CT molecular complexity index is 280. The van der Waals surface area contributed by atoms with E-state index in [1.807, 2.05) is 25.7 Å². The van der Waals surface area contributed by atoms with Crippen LogP contribution in [0, 0.1) is 5.92 Å². The summed E-state index contributed by atoms with van der Waals surface area (Å²) in [5, 5.41) is 0. The maximum Gasteiger partial charge on any atom is 0.410 e. The topological polar surface area (TPSA) is 29.5 Å². The van der Waals surface area contributed by atoms with Crippen molar-refractivity contribution in [1.29, 1.82) is 0 Å². The van der Waals surface area contributed by atoms with Crippen molar-refractivity contribution >= 4 is 6.09 Å². The smallest absolute Gasteiger partial charge is 0.410 e. The van der Waals surface area contributed by atoms with Gasteiger partial charge in [0.15, 0.2) is 0 Å². The summed E-state index contributed by atoms with van der Waals surface area (Å²) in [6.07, 6.45) is 7.40. The van der Waals surface area contributed by atoms with Gasteiger partial charge in [-0.05, 0) is 52.4 Å². The average molecular weight is 239 g/mol. The Morgan fingerprint density at radius 1 is 1.12 bits per heavy atom. The van der Waals surface area contributed by atoms with E-state index in [0.29, 0.717) is 6.04 Å². The van der Waals surface area contributed by atoms with Gasteiger partial charge in [0.1, 0.15) is 5.60 Å². The Hall–Kier alpha value is -0.730. The molecular formula is C14H25NO2. The molecule has 3 nitrogen and oxygen atoms in total. The quantitative estimate of drug-likeness (QED) is 0.646. The van der Waals surface area contributed by atoms with Gasteiger partial charge in [-0.3, -0.25) is 0 Å². The van der Waals surface area contributed by atoms with Crippen LogP contribution in [0.5, 0.6) is 0 Å². The average Bonchev–Trinajstić information content (AvgIpc) is 2.26. The number of carbonyl (C=O) groups is 1. The Balaban J connectivity index is 2.01. The van der Waals surface area contributed by atoms with Crippen LogP contribution in [-0.2, 0) is 4.74 Å². The predicted molar refractivity (Wildman–Crippen MR) is 67.9 cm³/mol. The summed E-state index contributed by atoms with van der Waals surface area (Å²) < 4.78 is 5.51. The van der Waals surface area contributed by atoms with Crippen LogP contribution in [-0.4, -0.2) is 29.2 Å². The molecule has 0 aromatic rings. The van der Waals surface area contributed by atoms with Gasteiger partial charge < -0.3 is 9.64 Å². The molecule has 1 aliphatic carbocycles. The first-order valence-electron chi connectivity index (χ1n) is 6.97. The van der Waals surface area contributed by atoms with E-state index in [2.05, 4.69) is 0 Å². The summed E-state index contributed by atoms with van der Waals surface area (Å²) >= 11 is 0. The van der Waals surface area contributed by atoms with Gasteiger partial charge in [-0.25, -0.2) is 4.79 Å². The van der Waals surface area contributed by atoms with Gasteiger partial charge in [0, 0.05) is 12.6 Å². The van der Waals surface area contributed by atoms with Gasteiger partial charge in [-0.1, -0.05) is 12.8 Å². The molecule has 0 aromatic heterocycles. The Labute approximate surface area is 105 Å². The molecule has 98 valence electrons. The number of nitrogens with zero attached hydrogens (tertiary/aromatic N) is 1. The third-order valence-electron chi connectivity index (χ3n) is 3.87. The fourth-order valence-corrected chi connectivity index (χ4v) is 3.17. The summed E-state index contributed by atoms with van der Waals surface area (Å²) in [5.74, 6) is 0.727. The minimum atomic E-state index is -0.376. The molecule has 0 bridgehead atoms. The van der Waals surface area contributed by atoms with E-state index in [0.717, 1.165) is 18.9 Å². The molecule has 0 spiro atoms. The second kappa shape index (κ2) is 4.87. The number of piperidine rings is 1. The number of amides is 1. The van der Waals surface area contributed by atoms with Crippen LogP contribution in [0.2, 0.25) is 0 Å². The van der Waals surface area contributed by atoms with Crippen molar-refractivity contribution in [3.63, 3.8) is 0 Å². The van der Waals surface area contributed by atoms with E-state index in [4.69, 9.17) is 4.74 Å². The van der Waals surface area contributed by atoms with E-state index in [9.17, 15) is 4.79 Å². The molecule has 2 rings (SSSR count). The molecule has 1 saturated heterocycles. The fraction of sp³-hybridized carbons (Fsp3) is 0.929. The van der Waals surface area contributed by atoms with Crippen LogP contribution < -0.4 is 0 Å². The molecule has 1 aliphatic heterocycles. The standard InChI is InChI=1S/C14H25NO2/c1-14(2,3)17-13(16)15-10-6-8-11-7-4-5-9-12(11)15/h11-12H,4-10H2,1-3H3/t11-,12+/m1/s1. The molecule has 1 heterocycles. The second-order valence-electron chi connectivity index (χ2n) is 6.43.